The average molecular weight is 827 g/mol. The van der Waals surface area contributed by atoms with Crippen LogP contribution in [0, 0.1) is 6.33 Å². The van der Waals surface area contributed by atoms with Gasteiger partial charge in [0.15, 0.2) is 0 Å². The third-order valence-corrected chi connectivity index (χ3v) is 12.3. The zero-order valence-electron chi connectivity index (χ0n) is 38.4. The number of fused-ring (bicyclic) bond motifs is 3. The van der Waals surface area contributed by atoms with Crippen LogP contribution in [0.15, 0.2) is 158 Å². The maximum atomic E-state index is 6.93. The van der Waals surface area contributed by atoms with Crippen molar-refractivity contribution in [2.24, 2.45) is 0 Å². The molecular formula is C58H58N4O. The van der Waals surface area contributed by atoms with E-state index in [1.807, 2.05) is 6.20 Å². The Kier molecular flexibility index (Phi) is 10.7. The Morgan fingerprint density at radius 2 is 1.25 bits per heavy atom. The predicted octanol–water partition coefficient (Wildman–Crippen LogP) is 15.0. The number of rotatable bonds is 9. The Hall–Kier alpha value is -6.72. The van der Waals surface area contributed by atoms with E-state index >= 15 is 0 Å². The maximum Gasteiger partial charge on any atom is 0.269 e. The first kappa shape index (κ1) is 41.6. The normalized spacial score (nSPS) is 12.3. The highest BCUT2D eigenvalue weighted by molar-refractivity contribution is 6.09. The van der Waals surface area contributed by atoms with E-state index in [-0.39, 0.29) is 10.8 Å². The molecule has 316 valence electrons. The molecule has 0 saturated carbocycles. The van der Waals surface area contributed by atoms with E-state index in [1.165, 1.54) is 33.2 Å². The van der Waals surface area contributed by atoms with Crippen molar-refractivity contribution < 1.29 is 9.30 Å². The summed E-state index contributed by atoms with van der Waals surface area (Å²) in [6, 6.07) is 52.1. The zero-order chi connectivity index (χ0) is 44.2. The molecule has 6 aromatic carbocycles. The van der Waals surface area contributed by atoms with Crippen LogP contribution in [0.3, 0.4) is 0 Å². The fourth-order valence-electron chi connectivity index (χ4n) is 8.87. The smallest absolute Gasteiger partial charge is 0.269 e. The Balaban J connectivity index is 1.15. The summed E-state index contributed by atoms with van der Waals surface area (Å²) in [7, 11) is 0. The topological polar surface area (TPSA) is 35.9 Å². The second-order valence-electron chi connectivity index (χ2n) is 19.6. The van der Waals surface area contributed by atoms with Gasteiger partial charge in [0, 0.05) is 29.2 Å². The van der Waals surface area contributed by atoms with E-state index < -0.39 is 0 Å². The predicted molar refractivity (Wildman–Crippen MR) is 261 cm³/mol. The molecule has 3 aromatic heterocycles. The van der Waals surface area contributed by atoms with E-state index in [1.54, 1.807) is 0 Å². The first-order valence-corrected chi connectivity index (χ1v) is 22.3. The summed E-state index contributed by atoms with van der Waals surface area (Å²) in [5.41, 5.74) is 13.9. The van der Waals surface area contributed by atoms with Crippen molar-refractivity contribution in [3.05, 3.63) is 187 Å². The lowest BCUT2D eigenvalue weighted by molar-refractivity contribution is -0.599. The molecule has 0 fully saturated rings. The lowest BCUT2D eigenvalue weighted by atomic mass is 9.85. The minimum absolute atomic E-state index is 0.0159. The summed E-state index contributed by atoms with van der Waals surface area (Å²) in [5.74, 6) is 3.22. The summed E-state index contributed by atoms with van der Waals surface area (Å²) in [5, 5.41) is 2.33. The van der Waals surface area contributed by atoms with E-state index in [0.717, 1.165) is 61.9 Å². The Morgan fingerprint density at radius 1 is 0.571 bits per heavy atom. The van der Waals surface area contributed by atoms with Gasteiger partial charge in [0.1, 0.15) is 17.3 Å². The number of ether oxygens (including phenoxy) is 1. The molecule has 0 amide bonds. The van der Waals surface area contributed by atoms with Gasteiger partial charge in [-0.25, -0.2) is 4.98 Å². The highest BCUT2D eigenvalue weighted by atomic mass is 16.5. The number of hydrogen-bond acceptors (Lipinski definition) is 2. The first-order chi connectivity index (χ1) is 30.1. The molecule has 0 atom stereocenters. The molecule has 63 heavy (non-hydrogen) atoms. The number of pyridine rings is 1. The van der Waals surface area contributed by atoms with Gasteiger partial charge >= 0.3 is 0 Å². The van der Waals surface area contributed by atoms with Crippen LogP contribution in [0.5, 0.6) is 11.5 Å². The molecule has 0 spiro atoms. The van der Waals surface area contributed by atoms with Crippen molar-refractivity contribution in [2.75, 3.05) is 0 Å². The molecule has 9 rings (SSSR count). The first-order valence-electron chi connectivity index (χ1n) is 22.3. The van der Waals surface area contributed by atoms with Gasteiger partial charge in [0.2, 0.25) is 0 Å². The van der Waals surface area contributed by atoms with Crippen LogP contribution < -0.4 is 9.30 Å². The Labute approximate surface area is 373 Å². The third-order valence-electron chi connectivity index (χ3n) is 12.3. The molecule has 0 aliphatic heterocycles. The molecule has 0 unspecified atom stereocenters. The molecule has 5 heteroatoms. The number of hydrogen-bond donors (Lipinski definition) is 0. The highest BCUT2D eigenvalue weighted by Crippen LogP contribution is 2.39. The monoisotopic (exact) mass is 826 g/mol. The van der Waals surface area contributed by atoms with E-state index in [9.17, 15) is 0 Å². The van der Waals surface area contributed by atoms with E-state index in [0.29, 0.717) is 11.8 Å². The van der Waals surface area contributed by atoms with Gasteiger partial charge in [-0.1, -0.05) is 148 Å². The summed E-state index contributed by atoms with van der Waals surface area (Å²) < 4.78 is 13.5. The van der Waals surface area contributed by atoms with Gasteiger partial charge in [-0.05, 0) is 122 Å². The molecule has 0 N–H and O–H groups in total. The van der Waals surface area contributed by atoms with Crippen LogP contribution in [0.25, 0.3) is 61.3 Å². The van der Waals surface area contributed by atoms with Gasteiger partial charge in [0.05, 0.1) is 28.1 Å². The highest BCUT2D eigenvalue weighted by Gasteiger charge is 2.24. The molecule has 0 radical (unpaired) electrons. The Morgan fingerprint density at radius 3 is 1.94 bits per heavy atom. The van der Waals surface area contributed by atoms with Crippen LogP contribution >= 0.6 is 0 Å². The van der Waals surface area contributed by atoms with Crippen LogP contribution in [-0.4, -0.2) is 14.1 Å². The van der Waals surface area contributed by atoms with Crippen LogP contribution in [0.2, 0.25) is 0 Å². The molecule has 3 heterocycles. The van der Waals surface area contributed by atoms with Gasteiger partial charge in [-0.3, -0.25) is 13.7 Å². The van der Waals surface area contributed by atoms with Crippen LogP contribution in [0.4, 0.5) is 0 Å². The largest absolute Gasteiger partial charge is 0.458 e. The third kappa shape index (κ3) is 8.09. The molecule has 0 saturated heterocycles. The average Bonchev–Trinajstić information content (AvgIpc) is 3.87. The maximum absolute atomic E-state index is 6.93. The molecule has 0 aliphatic rings. The second kappa shape index (κ2) is 16.2. The van der Waals surface area contributed by atoms with Gasteiger partial charge in [-0.2, -0.15) is 0 Å². The van der Waals surface area contributed by atoms with Crippen molar-refractivity contribution >= 4 is 21.8 Å². The fraction of sp³-hybridized carbons (Fsp3) is 0.241. The van der Waals surface area contributed by atoms with Crippen LogP contribution in [0.1, 0.15) is 103 Å². The van der Waals surface area contributed by atoms with Gasteiger partial charge in [-0.15, -0.1) is 0 Å². The number of benzene rings is 6. The van der Waals surface area contributed by atoms with Gasteiger partial charge < -0.3 is 4.74 Å². The van der Waals surface area contributed by atoms with E-state index in [2.05, 4.69) is 241 Å². The van der Waals surface area contributed by atoms with Crippen molar-refractivity contribution in [3.63, 3.8) is 0 Å². The van der Waals surface area contributed by atoms with Crippen LogP contribution in [-0.2, 0) is 10.8 Å². The quantitative estimate of drug-likeness (QED) is 0.107. The minimum atomic E-state index is -0.190. The number of aromatic nitrogens is 4. The molecule has 0 aliphatic carbocycles. The lowest BCUT2D eigenvalue weighted by Gasteiger charge is -2.21. The summed E-state index contributed by atoms with van der Waals surface area (Å²) >= 11 is 0. The molecule has 5 nitrogen and oxygen atoms in total. The zero-order valence-corrected chi connectivity index (χ0v) is 38.4. The van der Waals surface area contributed by atoms with Crippen molar-refractivity contribution in [3.8, 4) is 50.9 Å². The number of para-hydroxylation sites is 1. The van der Waals surface area contributed by atoms with Crippen molar-refractivity contribution in [1.29, 1.82) is 0 Å². The minimum Gasteiger partial charge on any atom is -0.458 e. The van der Waals surface area contributed by atoms with Crippen molar-refractivity contribution in [2.45, 2.75) is 91.9 Å². The summed E-state index contributed by atoms with van der Waals surface area (Å²) in [4.78, 5) is 4.90. The van der Waals surface area contributed by atoms with Crippen molar-refractivity contribution in [1.82, 2.24) is 14.1 Å². The van der Waals surface area contributed by atoms with E-state index in [4.69, 9.17) is 9.72 Å². The SMILES string of the molecule is CC(C)c1cccc(C(C)C)c1-c1ccc(-[n+]2[c-]n(-c3cc(Oc4ccc5c6ccccc6n(-c6cc(C(C)(C)C)ccn6)c5c4)cc(-c4ccccc4)c3)c(C(C)(C)C)c2)cc1. The second-order valence-corrected chi connectivity index (χ2v) is 19.6. The van der Waals surface area contributed by atoms with Gasteiger partial charge in [0.25, 0.3) is 6.33 Å². The standard InChI is InChI=1S/C58H58N4O/c1-38(2)48-20-16-21-49(39(3)4)56(48)41-23-25-44(26-24-41)60-36-54(58(8,9)10)61(37-60)45-31-42(40-17-12-11-13-18-40)32-47(34-45)63-46-27-28-51-50-19-14-15-22-52(50)62(53(51)35-46)55-33-43(29-30-59-55)57(5,6)7/h11-36,38-39H,1-10H3. The number of nitrogens with zero attached hydrogens (tertiary/aromatic N) is 4. The Bertz CT molecular complexity index is 3070. The molecule has 0 bridgehead atoms. The molecular weight excluding hydrogens is 769 g/mol. The fourth-order valence-corrected chi connectivity index (χ4v) is 8.87. The summed E-state index contributed by atoms with van der Waals surface area (Å²) in [6.45, 7) is 22.6. The molecule has 9 aromatic rings. The summed E-state index contributed by atoms with van der Waals surface area (Å²) in [6.07, 6.45) is 7.90. The lowest BCUT2D eigenvalue weighted by Crippen LogP contribution is -2.28. The number of imidazole rings is 1.